The highest BCUT2D eigenvalue weighted by molar-refractivity contribution is 6.56. The molecule has 1 rings (SSSR count). The fourth-order valence-corrected chi connectivity index (χ4v) is 7.11. The molecule has 1 aromatic carbocycles. The Morgan fingerprint density at radius 3 is 1.31 bits per heavy atom. The van der Waals surface area contributed by atoms with Crippen molar-refractivity contribution in [1.82, 2.24) is 0 Å². The van der Waals surface area contributed by atoms with Crippen LogP contribution in [0.1, 0.15) is 6.42 Å². The smallest absolute Gasteiger partial charge is 0.331 e. The molecule has 0 heterocycles. The van der Waals surface area contributed by atoms with E-state index in [-0.39, 0.29) is 36.7 Å². The zero-order valence-electron chi connectivity index (χ0n) is 16.6. The summed E-state index contributed by atoms with van der Waals surface area (Å²) in [7, 11) is 0. The molecule has 202 valence electrons. The molecule has 9 unspecified atom stereocenters. The van der Waals surface area contributed by atoms with Crippen molar-refractivity contribution >= 4 is 180 Å². The number of esters is 1. The molecule has 0 aliphatic heterocycles. The van der Waals surface area contributed by atoms with Crippen molar-refractivity contribution in [2.24, 2.45) is 0 Å². The number of alkyl halides is 10. The van der Waals surface area contributed by atoms with Crippen LogP contribution in [0.2, 0.25) is 25.1 Å². The summed E-state index contributed by atoms with van der Waals surface area (Å²) in [4.78, 5) is 12.6. The highest BCUT2D eigenvalue weighted by Crippen LogP contribution is 2.48. The maximum absolute atomic E-state index is 12.6. The van der Waals surface area contributed by atoms with Gasteiger partial charge in [0.2, 0.25) is 0 Å². The minimum Gasteiger partial charge on any atom is -0.422 e. The van der Waals surface area contributed by atoms with Crippen molar-refractivity contribution in [2.45, 2.75) is 54.8 Å². The second-order valence-corrected chi connectivity index (χ2v) is 13.7. The SMILES string of the molecule is O=C(Oc1c(Cl)c(Cl)c(Cl)c(Cl)c1Cl)C(Cl)C(Cl)C(Cl)C(Cl)C(Cl)C(Cl)C(Cl)C(Cl)C(Cl)CCCl. The van der Waals surface area contributed by atoms with Crippen molar-refractivity contribution in [3.05, 3.63) is 25.1 Å². The first-order valence-electron chi connectivity index (χ1n) is 9.15. The average molecular weight is 793 g/mol. The molecule has 17 heteroatoms. The molecule has 0 spiro atoms. The van der Waals surface area contributed by atoms with E-state index in [9.17, 15) is 4.79 Å². The molecule has 0 radical (unpaired) electrons. The van der Waals surface area contributed by atoms with Crippen LogP contribution >= 0.6 is 174 Å². The molecule has 9 atom stereocenters. The van der Waals surface area contributed by atoms with Gasteiger partial charge in [-0.1, -0.05) is 58.0 Å². The van der Waals surface area contributed by atoms with Gasteiger partial charge < -0.3 is 4.74 Å². The van der Waals surface area contributed by atoms with Crippen LogP contribution < -0.4 is 4.74 Å². The van der Waals surface area contributed by atoms with Gasteiger partial charge in [-0.3, -0.25) is 0 Å². The van der Waals surface area contributed by atoms with Crippen molar-refractivity contribution in [2.75, 3.05) is 5.88 Å². The first-order valence-corrected chi connectivity index (χ1v) is 15.5. The first kappa shape index (κ1) is 36.1. The number of rotatable bonds is 12. The van der Waals surface area contributed by atoms with Gasteiger partial charge in [0.1, 0.15) is 15.4 Å². The van der Waals surface area contributed by atoms with Crippen LogP contribution in [0.5, 0.6) is 5.75 Å². The largest absolute Gasteiger partial charge is 0.422 e. The van der Waals surface area contributed by atoms with Gasteiger partial charge in [0, 0.05) is 5.88 Å². The zero-order chi connectivity index (χ0) is 27.4. The van der Waals surface area contributed by atoms with E-state index in [0.29, 0.717) is 6.42 Å². The first-order chi connectivity index (χ1) is 16.1. The number of hydrogen-bond acceptors (Lipinski definition) is 2. The Balaban J connectivity index is 2.95. The van der Waals surface area contributed by atoms with Gasteiger partial charge in [0.05, 0.1) is 58.1 Å². The third kappa shape index (κ3) is 9.27. The predicted molar refractivity (Wildman–Crippen MR) is 159 cm³/mol. The lowest BCUT2D eigenvalue weighted by atomic mass is 10.0. The predicted octanol–water partition coefficient (Wildman–Crippen LogP) is 11.0. The fraction of sp³-hybridized carbons (Fsp3) is 0.611. The van der Waals surface area contributed by atoms with Gasteiger partial charge in [0.25, 0.3) is 0 Å². The zero-order valence-corrected chi connectivity index (χ0v) is 27.9. The van der Waals surface area contributed by atoms with E-state index in [1.165, 1.54) is 0 Å². The Labute approximate surface area is 278 Å². The number of ether oxygens (including phenoxy) is 1. The summed E-state index contributed by atoms with van der Waals surface area (Å²) in [5.41, 5.74) is 0. The van der Waals surface area contributed by atoms with Crippen LogP contribution in [0, 0.1) is 0 Å². The number of halogens is 15. The molecule has 35 heavy (non-hydrogen) atoms. The van der Waals surface area contributed by atoms with E-state index in [1.807, 2.05) is 0 Å². The Morgan fingerprint density at radius 1 is 0.571 bits per heavy atom. The minimum absolute atomic E-state index is 0.129. The standard InChI is InChI=1S/C18H13Cl15O2/c19-2-1-3(20)4(21)5(22)6(23)7(24)8(25)9(26)13(30)16(33)18(34)35-17-14(31)11(28)10(27)12(29)15(17)32/h3-9,13,16H,1-2H2. The van der Waals surface area contributed by atoms with Gasteiger partial charge >= 0.3 is 5.97 Å². The van der Waals surface area contributed by atoms with E-state index < -0.39 is 54.4 Å². The second kappa shape index (κ2) is 16.5. The van der Waals surface area contributed by atoms with Crippen LogP contribution in [-0.2, 0) is 4.79 Å². The Hall–Kier alpha value is 3.04. The summed E-state index contributed by atoms with van der Waals surface area (Å²) >= 11 is 92.4. The summed E-state index contributed by atoms with van der Waals surface area (Å²) in [5.74, 6) is -1.19. The van der Waals surface area contributed by atoms with Gasteiger partial charge in [-0.15, -0.1) is 116 Å². The molecule has 2 nitrogen and oxygen atoms in total. The molecule has 0 aromatic heterocycles. The monoisotopic (exact) mass is 786 g/mol. The van der Waals surface area contributed by atoms with Crippen LogP contribution in [0.25, 0.3) is 0 Å². The van der Waals surface area contributed by atoms with Crippen molar-refractivity contribution in [1.29, 1.82) is 0 Å². The molecule has 0 amide bonds. The van der Waals surface area contributed by atoms with Gasteiger partial charge in [0.15, 0.2) is 5.75 Å². The lowest BCUT2D eigenvalue weighted by Crippen LogP contribution is -2.46. The molecule has 0 bridgehead atoms. The van der Waals surface area contributed by atoms with Gasteiger partial charge in [-0.2, -0.15) is 0 Å². The topological polar surface area (TPSA) is 26.3 Å². The van der Waals surface area contributed by atoms with E-state index in [4.69, 9.17) is 179 Å². The maximum Gasteiger partial charge on any atom is 0.331 e. The molecule has 0 saturated heterocycles. The molecular weight excluding hydrogens is 780 g/mol. The average Bonchev–Trinajstić information content (AvgIpc) is 2.84. The number of hydrogen-bond donors (Lipinski definition) is 0. The van der Waals surface area contributed by atoms with E-state index >= 15 is 0 Å². The third-order valence-electron chi connectivity index (χ3n) is 4.43. The third-order valence-corrected chi connectivity index (χ3v) is 12.7. The van der Waals surface area contributed by atoms with Gasteiger partial charge in [-0.25, -0.2) is 4.79 Å². The fourth-order valence-electron chi connectivity index (χ4n) is 2.46. The number of carbonyl (C=O) groups is 1. The van der Waals surface area contributed by atoms with E-state index in [2.05, 4.69) is 0 Å². The summed E-state index contributed by atoms with van der Waals surface area (Å²) in [6.07, 6.45) is 0.386. The van der Waals surface area contributed by atoms with E-state index in [1.54, 1.807) is 0 Å². The molecule has 0 fully saturated rings. The second-order valence-electron chi connectivity index (χ2n) is 6.83. The molecule has 0 aliphatic carbocycles. The van der Waals surface area contributed by atoms with Gasteiger partial charge in [-0.05, 0) is 6.42 Å². The van der Waals surface area contributed by atoms with Crippen LogP contribution in [0.4, 0.5) is 0 Å². The quantitative estimate of drug-likeness (QED) is 0.0693. The van der Waals surface area contributed by atoms with Crippen LogP contribution in [0.3, 0.4) is 0 Å². The highest BCUT2D eigenvalue weighted by atomic mass is 35.5. The van der Waals surface area contributed by atoms with Crippen LogP contribution in [0.15, 0.2) is 0 Å². The molecular formula is C18H13Cl15O2. The Morgan fingerprint density at radius 2 is 0.914 bits per heavy atom. The van der Waals surface area contributed by atoms with Crippen LogP contribution in [-0.4, -0.2) is 60.2 Å². The molecule has 1 aromatic rings. The molecule has 0 N–H and O–H groups in total. The number of carbonyl (C=O) groups excluding carboxylic acids is 1. The Kier molecular flexibility index (Phi) is 17.0. The van der Waals surface area contributed by atoms with Crippen molar-refractivity contribution < 1.29 is 9.53 Å². The summed E-state index contributed by atoms with van der Waals surface area (Å²) in [5, 5.41) is -10.6. The lowest BCUT2D eigenvalue weighted by Gasteiger charge is -2.32. The van der Waals surface area contributed by atoms with Crippen molar-refractivity contribution in [3.63, 3.8) is 0 Å². The van der Waals surface area contributed by atoms with E-state index in [0.717, 1.165) is 0 Å². The minimum atomic E-state index is -1.55. The lowest BCUT2D eigenvalue weighted by molar-refractivity contribution is -0.134. The van der Waals surface area contributed by atoms with Crippen molar-refractivity contribution in [3.8, 4) is 5.75 Å². The summed E-state index contributed by atoms with van der Waals surface area (Å²) < 4.78 is 5.16. The highest BCUT2D eigenvalue weighted by Gasteiger charge is 2.43. The number of benzene rings is 1. The Bertz CT molecular complexity index is 842. The molecule has 0 aliphatic rings. The summed E-state index contributed by atoms with van der Waals surface area (Å²) in [6.45, 7) is 0. The maximum atomic E-state index is 12.6. The molecule has 0 saturated carbocycles. The normalized spacial score (nSPS) is 19.7. The summed E-state index contributed by atoms with van der Waals surface area (Å²) in [6, 6.07) is 0.